The molecule has 0 rings (SSSR count). The summed E-state index contributed by atoms with van der Waals surface area (Å²) in [6, 6.07) is 0. The highest BCUT2D eigenvalue weighted by Crippen LogP contribution is 1.76. The second-order valence-corrected chi connectivity index (χ2v) is 2.55. The summed E-state index contributed by atoms with van der Waals surface area (Å²) in [5, 5.41) is 8.00. The van der Waals surface area contributed by atoms with Gasteiger partial charge in [0.15, 0.2) is 0 Å². The molecule has 0 saturated heterocycles. The lowest BCUT2D eigenvalue weighted by atomic mass is 10.4. The Kier molecular flexibility index (Phi) is 6.91. The molecule has 0 saturated carbocycles. The van der Waals surface area contributed by atoms with Gasteiger partial charge >= 0.3 is 0 Å². The molecule has 0 bridgehead atoms. The lowest BCUT2D eigenvalue weighted by Gasteiger charge is -2.03. The van der Waals surface area contributed by atoms with Crippen LogP contribution in [0.25, 0.3) is 0 Å². The Hall–Kier alpha value is -1.10. The van der Waals surface area contributed by atoms with Gasteiger partial charge in [0, 0.05) is 26.6 Å². The average molecular weight is 187 g/mol. The van der Waals surface area contributed by atoms with Gasteiger partial charge in [-0.2, -0.15) is 0 Å². The minimum absolute atomic E-state index is 0.00640. The molecule has 0 aromatic heterocycles. The van der Waals surface area contributed by atoms with Crippen molar-refractivity contribution in [1.82, 2.24) is 16.0 Å². The van der Waals surface area contributed by atoms with Crippen LogP contribution in [-0.4, -0.2) is 38.5 Å². The summed E-state index contributed by atoms with van der Waals surface area (Å²) in [6.07, 6.45) is 0.408. The van der Waals surface area contributed by atoms with Crippen molar-refractivity contribution in [3.63, 3.8) is 0 Å². The largest absolute Gasteiger partial charge is 0.358 e. The maximum Gasteiger partial charge on any atom is 0.233 e. The highest BCUT2D eigenvalue weighted by atomic mass is 16.2. The van der Waals surface area contributed by atoms with Crippen LogP contribution < -0.4 is 16.0 Å². The zero-order chi connectivity index (χ0) is 10.1. The summed E-state index contributed by atoms with van der Waals surface area (Å²) in [5.41, 5.74) is 0. The van der Waals surface area contributed by atoms with E-state index < -0.39 is 0 Å². The minimum Gasteiger partial charge on any atom is -0.358 e. The van der Waals surface area contributed by atoms with Crippen LogP contribution in [0.3, 0.4) is 0 Å². The normalized spacial score (nSPS) is 9.38. The van der Waals surface area contributed by atoms with Crippen molar-refractivity contribution in [3.05, 3.63) is 0 Å². The summed E-state index contributed by atoms with van der Waals surface area (Å²) < 4.78 is 0. The van der Waals surface area contributed by atoms with Gasteiger partial charge in [0.2, 0.25) is 11.8 Å². The Morgan fingerprint density at radius 3 is 2.46 bits per heavy atom. The van der Waals surface area contributed by atoms with E-state index in [1.54, 1.807) is 7.05 Å². The Labute approximate surface area is 78.3 Å². The second-order valence-electron chi connectivity index (χ2n) is 2.55. The Morgan fingerprint density at radius 1 is 1.23 bits per heavy atom. The molecular weight excluding hydrogens is 170 g/mol. The lowest BCUT2D eigenvalue weighted by Crippen LogP contribution is -2.34. The van der Waals surface area contributed by atoms with Crippen LogP contribution in [0, 0.1) is 0 Å². The molecule has 0 aliphatic heterocycles. The first-order chi connectivity index (χ1) is 6.20. The van der Waals surface area contributed by atoms with Crippen molar-refractivity contribution >= 4 is 11.8 Å². The first-order valence-electron chi connectivity index (χ1n) is 4.38. The number of hydrogen-bond acceptors (Lipinski definition) is 3. The van der Waals surface area contributed by atoms with Crippen LogP contribution >= 0.6 is 0 Å². The molecule has 3 N–H and O–H groups in total. The molecule has 0 atom stereocenters. The predicted molar refractivity (Wildman–Crippen MR) is 50.2 cm³/mol. The fourth-order valence-corrected chi connectivity index (χ4v) is 0.778. The van der Waals surface area contributed by atoms with Crippen LogP contribution in [0.15, 0.2) is 0 Å². The van der Waals surface area contributed by atoms with E-state index >= 15 is 0 Å². The molecule has 0 aromatic rings. The number of amides is 2. The molecule has 2 amide bonds. The van der Waals surface area contributed by atoms with E-state index in [-0.39, 0.29) is 18.4 Å². The Balaban J connectivity index is 3.25. The highest BCUT2D eigenvalue weighted by Gasteiger charge is 1.99. The number of likely N-dealkylation sites (N-methyl/N-ethyl adjacent to an activating group) is 1. The number of rotatable bonds is 6. The molecule has 0 heterocycles. The summed E-state index contributed by atoms with van der Waals surface area (Å²) >= 11 is 0. The van der Waals surface area contributed by atoms with E-state index in [1.165, 1.54) is 0 Å². The van der Waals surface area contributed by atoms with Crippen LogP contribution in [0.5, 0.6) is 0 Å². The van der Waals surface area contributed by atoms with Crippen molar-refractivity contribution in [2.75, 3.05) is 26.7 Å². The zero-order valence-corrected chi connectivity index (χ0v) is 8.14. The molecule has 5 nitrogen and oxygen atoms in total. The number of carbonyl (C=O) groups is 2. The highest BCUT2D eigenvalue weighted by molar-refractivity contribution is 5.78. The molecule has 0 aliphatic rings. The molecule has 0 radical (unpaired) electrons. The first kappa shape index (κ1) is 11.9. The standard InChI is InChI=1S/C8H17N3O2/c1-3-11-7(12)4-5-10-6-8(13)9-2/h10H,3-6H2,1-2H3,(H,9,13)(H,11,12). The third kappa shape index (κ3) is 7.27. The molecular formula is C8H17N3O2. The van der Waals surface area contributed by atoms with Gasteiger partial charge in [-0.3, -0.25) is 9.59 Å². The quantitative estimate of drug-likeness (QED) is 0.460. The van der Waals surface area contributed by atoms with Crippen LogP contribution in [-0.2, 0) is 9.59 Å². The number of nitrogens with one attached hydrogen (secondary N) is 3. The number of carbonyl (C=O) groups excluding carboxylic acids is 2. The lowest BCUT2D eigenvalue weighted by molar-refractivity contribution is -0.122. The third-order valence-electron chi connectivity index (χ3n) is 1.47. The molecule has 0 spiro atoms. The fourth-order valence-electron chi connectivity index (χ4n) is 0.778. The van der Waals surface area contributed by atoms with Gasteiger partial charge in [-0.05, 0) is 6.92 Å². The molecule has 0 fully saturated rings. The van der Waals surface area contributed by atoms with Gasteiger partial charge in [-0.1, -0.05) is 0 Å². The van der Waals surface area contributed by atoms with E-state index in [0.717, 1.165) is 0 Å². The van der Waals surface area contributed by atoms with Crippen molar-refractivity contribution in [3.8, 4) is 0 Å². The van der Waals surface area contributed by atoms with Gasteiger partial charge in [0.05, 0.1) is 6.54 Å². The van der Waals surface area contributed by atoms with Crippen LogP contribution in [0.1, 0.15) is 13.3 Å². The van der Waals surface area contributed by atoms with Crippen LogP contribution in [0.2, 0.25) is 0 Å². The van der Waals surface area contributed by atoms with Crippen LogP contribution in [0.4, 0.5) is 0 Å². The summed E-state index contributed by atoms with van der Waals surface area (Å²) in [5.74, 6) is -0.0668. The Morgan fingerprint density at radius 2 is 1.92 bits per heavy atom. The zero-order valence-electron chi connectivity index (χ0n) is 8.14. The Bertz CT molecular complexity index is 171. The monoisotopic (exact) mass is 187 g/mol. The van der Waals surface area contributed by atoms with Crippen molar-refractivity contribution in [2.45, 2.75) is 13.3 Å². The van der Waals surface area contributed by atoms with E-state index in [4.69, 9.17) is 0 Å². The van der Waals surface area contributed by atoms with Gasteiger partial charge < -0.3 is 16.0 Å². The minimum atomic E-state index is -0.0732. The van der Waals surface area contributed by atoms with E-state index in [2.05, 4.69) is 16.0 Å². The van der Waals surface area contributed by atoms with Crippen molar-refractivity contribution in [2.24, 2.45) is 0 Å². The molecule has 76 valence electrons. The van der Waals surface area contributed by atoms with Crippen molar-refractivity contribution in [1.29, 1.82) is 0 Å². The first-order valence-corrected chi connectivity index (χ1v) is 4.38. The SMILES string of the molecule is CCNC(=O)CCNCC(=O)NC. The van der Waals surface area contributed by atoms with Gasteiger partial charge in [-0.15, -0.1) is 0 Å². The molecule has 13 heavy (non-hydrogen) atoms. The predicted octanol–water partition coefficient (Wildman–Crippen LogP) is -1.15. The number of hydrogen-bond donors (Lipinski definition) is 3. The molecule has 0 aromatic carbocycles. The van der Waals surface area contributed by atoms with Gasteiger partial charge in [-0.25, -0.2) is 0 Å². The third-order valence-corrected chi connectivity index (χ3v) is 1.47. The molecule has 5 heteroatoms. The smallest absolute Gasteiger partial charge is 0.233 e. The van der Waals surface area contributed by atoms with E-state index in [1.807, 2.05) is 6.92 Å². The fraction of sp³-hybridized carbons (Fsp3) is 0.750. The van der Waals surface area contributed by atoms with Gasteiger partial charge in [0.25, 0.3) is 0 Å². The topological polar surface area (TPSA) is 70.2 Å². The molecule has 0 unspecified atom stereocenters. The second kappa shape index (κ2) is 7.54. The average Bonchev–Trinajstić information content (AvgIpc) is 2.12. The summed E-state index contributed by atoms with van der Waals surface area (Å²) in [4.78, 5) is 21.6. The van der Waals surface area contributed by atoms with Crippen molar-refractivity contribution < 1.29 is 9.59 Å². The molecule has 0 aliphatic carbocycles. The summed E-state index contributed by atoms with van der Waals surface area (Å²) in [6.45, 7) is 3.30. The van der Waals surface area contributed by atoms with E-state index in [0.29, 0.717) is 19.5 Å². The maximum absolute atomic E-state index is 10.9. The van der Waals surface area contributed by atoms with Gasteiger partial charge in [0.1, 0.15) is 0 Å². The summed E-state index contributed by atoms with van der Waals surface area (Å²) in [7, 11) is 1.58. The van der Waals surface area contributed by atoms with E-state index in [9.17, 15) is 9.59 Å². The maximum atomic E-state index is 10.9.